The number of rotatable bonds is 5. The predicted molar refractivity (Wildman–Crippen MR) is 41.9 cm³/mol. The first-order valence-electron chi connectivity index (χ1n) is 3.85. The molecule has 0 spiro atoms. The molecule has 4 nitrogen and oxygen atoms in total. The second kappa shape index (κ2) is 4.77. The fourth-order valence-electron chi connectivity index (χ4n) is 0.829. The summed E-state index contributed by atoms with van der Waals surface area (Å²) >= 11 is 0. The zero-order chi connectivity index (χ0) is 8.81. The first kappa shape index (κ1) is 9.06. The van der Waals surface area contributed by atoms with Crippen molar-refractivity contribution in [2.45, 2.75) is 12.5 Å². The molecule has 1 aliphatic heterocycles. The Morgan fingerprint density at radius 3 is 3.17 bits per heavy atom. The highest BCUT2D eigenvalue weighted by molar-refractivity contribution is 5.61. The van der Waals surface area contributed by atoms with Crippen molar-refractivity contribution in [2.24, 2.45) is 0 Å². The molecule has 4 heteroatoms. The normalized spacial score (nSPS) is 21.7. The molecule has 1 unspecified atom stereocenters. The molecule has 1 atom stereocenters. The lowest BCUT2D eigenvalue weighted by Gasteiger charge is -2.05. The van der Waals surface area contributed by atoms with Crippen LogP contribution in [0.4, 0.5) is 4.79 Å². The molecule has 0 bridgehead atoms. The van der Waals surface area contributed by atoms with Crippen LogP contribution in [0.5, 0.6) is 0 Å². The second-order valence-corrected chi connectivity index (χ2v) is 2.45. The third-order valence-corrected chi connectivity index (χ3v) is 1.42. The molecule has 1 rings (SSSR count). The molecule has 1 aliphatic rings. The van der Waals surface area contributed by atoms with Crippen molar-refractivity contribution in [3.05, 3.63) is 12.7 Å². The van der Waals surface area contributed by atoms with Gasteiger partial charge in [-0.15, -0.1) is 6.58 Å². The molecule has 12 heavy (non-hydrogen) atoms. The van der Waals surface area contributed by atoms with E-state index in [2.05, 4.69) is 11.3 Å². The van der Waals surface area contributed by atoms with E-state index < -0.39 is 6.16 Å². The summed E-state index contributed by atoms with van der Waals surface area (Å²) in [4.78, 5) is 10.4. The van der Waals surface area contributed by atoms with Gasteiger partial charge in [-0.25, -0.2) is 4.79 Å². The van der Waals surface area contributed by atoms with Crippen LogP contribution >= 0.6 is 0 Å². The molecular formula is C8H12O4. The van der Waals surface area contributed by atoms with Gasteiger partial charge in [0.05, 0.1) is 13.2 Å². The van der Waals surface area contributed by atoms with Gasteiger partial charge in [0.2, 0.25) is 0 Å². The Hall–Kier alpha value is -1.03. The molecule has 0 aromatic rings. The molecule has 1 heterocycles. The summed E-state index contributed by atoms with van der Waals surface area (Å²) in [5.41, 5.74) is 0. The van der Waals surface area contributed by atoms with Crippen molar-refractivity contribution < 1.29 is 19.0 Å². The highest BCUT2D eigenvalue weighted by Gasteiger charge is 2.24. The van der Waals surface area contributed by atoms with Crippen molar-refractivity contribution in [3.8, 4) is 0 Å². The number of carbonyl (C=O) groups excluding carboxylic acids is 1. The van der Waals surface area contributed by atoms with Gasteiger partial charge in [-0.1, -0.05) is 6.08 Å². The third-order valence-electron chi connectivity index (χ3n) is 1.42. The lowest BCUT2D eigenvalue weighted by atomic mass is 10.4. The van der Waals surface area contributed by atoms with E-state index in [0.29, 0.717) is 19.8 Å². The van der Waals surface area contributed by atoms with E-state index in [1.54, 1.807) is 6.08 Å². The standard InChI is InChI=1S/C8H12O4/c1-2-3-4-10-5-7-6-11-8(9)12-7/h2,7H,1,3-6H2. The van der Waals surface area contributed by atoms with Crippen LogP contribution < -0.4 is 0 Å². The van der Waals surface area contributed by atoms with Crippen molar-refractivity contribution >= 4 is 6.16 Å². The van der Waals surface area contributed by atoms with E-state index in [-0.39, 0.29) is 6.10 Å². The van der Waals surface area contributed by atoms with Gasteiger partial charge in [0, 0.05) is 0 Å². The maximum atomic E-state index is 10.4. The minimum atomic E-state index is -0.604. The molecule has 0 aromatic carbocycles. The molecule has 0 amide bonds. The Bertz CT molecular complexity index is 166. The van der Waals surface area contributed by atoms with Gasteiger partial charge < -0.3 is 14.2 Å². The maximum Gasteiger partial charge on any atom is 0.508 e. The van der Waals surface area contributed by atoms with Gasteiger partial charge in [-0.3, -0.25) is 0 Å². The molecule has 68 valence electrons. The number of hydrogen-bond acceptors (Lipinski definition) is 4. The van der Waals surface area contributed by atoms with Crippen LogP contribution in [0, 0.1) is 0 Å². The smallest absolute Gasteiger partial charge is 0.430 e. The lowest BCUT2D eigenvalue weighted by Crippen LogP contribution is -2.18. The highest BCUT2D eigenvalue weighted by atomic mass is 16.8. The molecule has 0 aliphatic carbocycles. The second-order valence-electron chi connectivity index (χ2n) is 2.45. The minimum Gasteiger partial charge on any atom is -0.430 e. The fraction of sp³-hybridized carbons (Fsp3) is 0.625. The summed E-state index contributed by atoms with van der Waals surface area (Å²) in [7, 11) is 0. The van der Waals surface area contributed by atoms with E-state index in [4.69, 9.17) is 9.47 Å². The summed E-state index contributed by atoms with van der Waals surface area (Å²) in [6.07, 6.45) is 1.74. The number of ether oxygens (including phenoxy) is 3. The molecule has 0 radical (unpaired) electrons. The quantitative estimate of drug-likeness (QED) is 0.354. The van der Waals surface area contributed by atoms with Crippen molar-refractivity contribution in [1.29, 1.82) is 0 Å². The third kappa shape index (κ3) is 2.92. The lowest BCUT2D eigenvalue weighted by molar-refractivity contribution is 0.0479. The molecule has 1 fully saturated rings. The van der Waals surface area contributed by atoms with Crippen LogP contribution in [0.15, 0.2) is 12.7 Å². The average Bonchev–Trinajstić information content (AvgIpc) is 2.45. The number of carbonyl (C=O) groups is 1. The van der Waals surface area contributed by atoms with Gasteiger partial charge in [-0.2, -0.15) is 0 Å². The van der Waals surface area contributed by atoms with Crippen LogP contribution in [0.1, 0.15) is 6.42 Å². The van der Waals surface area contributed by atoms with Crippen molar-refractivity contribution in [2.75, 3.05) is 19.8 Å². The van der Waals surface area contributed by atoms with Crippen LogP contribution in [-0.2, 0) is 14.2 Å². The van der Waals surface area contributed by atoms with Crippen LogP contribution in [0.2, 0.25) is 0 Å². The van der Waals surface area contributed by atoms with Gasteiger partial charge in [0.15, 0.2) is 6.10 Å². The van der Waals surface area contributed by atoms with Crippen LogP contribution in [0.25, 0.3) is 0 Å². The van der Waals surface area contributed by atoms with Gasteiger partial charge in [0.25, 0.3) is 0 Å². The fourth-order valence-corrected chi connectivity index (χ4v) is 0.829. The Morgan fingerprint density at radius 2 is 2.58 bits per heavy atom. The Kier molecular flexibility index (Phi) is 3.60. The summed E-state index contributed by atoms with van der Waals surface area (Å²) in [5, 5.41) is 0. The largest absolute Gasteiger partial charge is 0.508 e. The topological polar surface area (TPSA) is 44.8 Å². The molecule has 0 N–H and O–H groups in total. The molecular weight excluding hydrogens is 160 g/mol. The first-order valence-corrected chi connectivity index (χ1v) is 3.85. The maximum absolute atomic E-state index is 10.4. The summed E-state index contributed by atoms with van der Waals surface area (Å²) in [6.45, 7) is 4.86. The number of hydrogen-bond donors (Lipinski definition) is 0. The minimum absolute atomic E-state index is 0.234. The highest BCUT2D eigenvalue weighted by Crippen LogP contribution is 2.06. The van der Waals surface area contributed by atoms with E-state index in [1.165, 1.54) is 0 Å². The molecule has 0 aromatic heterocycles. The van der Waals surface area contributed by atoms with Gasteiger partial charge in [-0.05, 0) is 6.42 Å². The Morgan fingerprint density at radius 1 is 1.75 bits per heavy atom. The average molecular weight is 172 g/mol. The monoisotopic (exact) mass is 172 g/mol. The van der Waals surface area contributed by atoms with Crippen molar-refractivity contribution in [1.82, 2.24) is 0 Å². The zero-order valence-corrected chi connectivity index (χ0v) is 6.82. The van der Waals surface area contributed by atoms with Gasteiger partial charge in [0.1, 0.15) is 6.61 Å². The first-order chi connectivity index (χ1) is 5.83. The van der Waals surface area contributed by atoms with Crippen LogP contribution in [0.3, 0.4) is 0 Å². The summed E-state index contributed by atoms with van der Waals surface area (Å²) in [5.74, 6) is 0. The number of cyclic esters (lactones) is 2. The Labute approximate surface area is 71.1 Å². The Balaban J connectivity index is 2.00. The van der Waals surface area contributed by atoms with E-state index in [0.717, 1.165) is 6.42 Å². The predicted octanol–water partition coefficient (Wildman–Crippen LogP) is 1.11. The zero-order valence-electron chi connectivity index (χ0n) is 6.82. The van der Waals surface area contributed by atoms with Gasteiger partial charge >= 0.3 is 6.16 Å². The van der Waals surface area contributed by atoms with Crippen LogP contribution in [-0.4, -0.2) is 32.1 Å². The van der Waals surface area contributed by atoms with Crippen molar-refractivity contribution in [3.63, 3.8) is 0 Å². The SMILES string of the molecule is C=CCCOCC1COC(=O)O1. The van der Waals surface area contributed by atoms with E-state index >= 15 is 0 Å². The molecule has 0 saturated carbocycles. The summed E-state index contributed by atoms with van der Waals surface area (Å²) < 4.78 is 14.5. The van der Waals surface area contributed by atoms with E-state index in [1.807, 2.05) is 0 Å². The summed E-state index contributed by atoms with van der Waals surface area (Å²) in [6, 6.07) is 0. The van der Waals surface area contributed by atoms with E-state index in [9.17, 15) is 4.79 Å². The molecule has 1 saturated heterocycles.